The van der Waals surface area contributed by atoms with Gasteiger partial charge in [-0.25, -0.2) is 0 Å². The molecule has 0 aromatic rings. The number of amides is 3. The molecule has 0 atom stereocenters. The Morgan fingerprint density at radius 2 is 0.581 bits per heavy atom. The summed E-state index contributed by atoms with van der Waals surface area (Å²) in [6.45, 7) is 2.66. The van der Waals surface area contributed by atoms with E-state index >= 15 is 0 Å². The van der Waals surface area contributed by atoms with Crippen molar-refractivity contribution in [2.24, 2.45) is 0 Å². The Morgan fingerprint density at radius 3 is 0.871 bits per heavy atom. The van der Waals surface area contributed by atoms with Crippen LogP contribution in [0.15, 0.2) is 0 Å². The third-order valence-corrected chi connectivity index (χ3v) is 5.71. The van der Waals surface area contributed by atoms with Crippen LogP contribution < -0.4 is 16.0 Å². The van der Waals surface area contributed by atoms with Crippen LogP contribution in [0.5, 0.6) is 0 Å². The lowest BCUT2D eigenvalue weighted by molar-refractivity contribution is -0.121. The van der Waals surface area contributed by atoms with Gasteiger partial charge in [0.15, 0.2) is 0 Å². The van der Waals surface area contributed by atoms with Crippen LogP contribution in [0.2, 0.25) is 0 Å². The summed E-state index contributed by atoms with van der Waals surface area (Å²) in [7, 11) is 0. The second-order valence-corrected chi connectivity index (χ2v) is 8.60. The number of nitrogens with one attached hydrogen (secondary N) is 3. The van der Waals surface area contributed by atoms with E-state index in [1.165, 1.54) is 57.8 Å². The van der Waals surface area contributed by atoms with Crippen LogP contribution in [0.25, 0.3) is 0 Å². The molecule has 3 amide bonds. The lowest BCUT2D eigenvalue weighted by Crippen LogP contribution is -2.23. The minimum absolute atomic E-state index is 0. The first kappa shape index (κ1) is 29.8. The molecule has 179 valence electrons. The fourth-order valence-electron chi connectivity index (χ4n) is 3.77. The van der Waals surface area contributed by atoms with Gasteiger partial charge in [0.1, 0.15) is 0 Å². The number of carbonyl (C=O) groups excluding carboxylic acids is 3. The standard InChI is InChI=1S/3C8H15NO.P/c3*10-8-6-4-2-1-3-5-7-9-8;/h3*1-7H2,(H,9,10);. The first-order chi connectivity index (χ1) is 14.7. The molecular weight excluding hydrogens is 409 g/mol. The van der Waals surface area contributed by atoms with Crippen molar-refractivity contribution in [3.8, 4) is 0 Å². The van der Waals surface area contributed by atoms with Crippen molar-refractivity contribution in [3.63, 3.8) is 0 Å². The highest BCUT2D eigenvalue weighted by atomic mass is 31.0. The molecule has 3 saturated heterocycles. The predicted molar refractivity (Wildman–Crippen MR) is 129 cm³/mol. The van der Waals surface area contributed by atoms with Crippen molar-refractivity contribution >= 4 is 27.6 Å². The van der Waals surface area contributed by atoms with Crippen molar-refractivity contribution in [1.29, 1.82) is 0 Å². The average Bonchev–Trinajstić information content (AvgIpc) is 3.00. The maximum Gasteiger partial charge on any atom is 0.219 e. The molecular formula is C24H45N3O3P. The van der Waals surface area contributed by atoms with E-state index in [1.807, 2.05) is 0 Å². The number of rotatable bonds is 0. The zero-order valence-corrected chi connectivity index (χ0v) is 20.4. The Balaban J connectivity index is 0.000000429. The Kier molecular flexibility index (Phi) is 21.2. The van der Waals surface area contributed by atoms with E-state index in [4.69, 9.17) is 0 Å². The minimum Gasteiger partial charge on any atom is -0.356 e. The molecule has 3 rings (SSSR count). The molecule has 7 heteroatoms. The number of hydrogen-bond donors (Lipinski definition) is 3. The highest BCUT2D eigenvalue weighted by Crippen LogP contribution is 2.08. The summed E-state index contributed by atoms with van der Waals surface area (Å²) in [6.07, 6.45) is 20.3. The number of carbonyl (C=O) groups is 3. The molecule has 3 radical (unpaired) electrons. The molecule has 0 saturated carbocycles. The summed E-state index contributed by atoms with van der Waals surface area (Å²) in [5, 5.41) is 8.66. The van der Waals surface area contributed by atoms with Crippen LogP contribution in [-0.4, -0.2) is 37.4 Å². The van der Waals surface area contributed by atoms with Crippen LogP contribution in [-0.2, 0) is 14.4 Å². The summed E-state index contributed by atoms with van der Waals surface area (Å²) in [6, 6.07) is 0. The van der Waals surface area contributed by atoms with Crippen molar-refractivity contribution in [2.45, 2.75) is 116 Å². The Morgan fingerprint density at radius 1 is 0.355 bits per heavy atom. The van der Waals surface area contributed by atoms with E-state index < -0.39 is 0 Å². The molecule has 3 heterocycles. The van der Waals surface area contributed by atoms with Crippen LogP contribution in [0.3, 0.4) is 0 Å². The molecule has 0 bridgehead atoms. The second kappa shape index (κ2) is 22.0. The van der Waals surface area contributed by atoms with Gasteiger partial charge in [0.2, 0.25) is 17.7 Å². The molecule has 0 aromatic carbocycles. The van der Waals surface area contributed by atoms with E-state index in [0.29, 0.717) is 0 Å². The smallest absolute Gasteiger partial charge is 0.219 e. The maximum atomic E-state index is 10.9. The van der Waals surface area contributed by atoms with Gasteiger partial charge in [0.05, 0.1) is 0 Å². The monoisotopic (exact) mass is 454 g/mol. The van der Waals surface area contributed by atoms with Gasteiger partial charge in [-0.05, 0) is 38.5 Å². The Bertz CT molecular complexity index is 372. The molecule has 0 spiro atoms. The lowest BCUT2D eigenvalue weighted by atomic mass is 10.1. The zero-order chi connectivity index (χ0) is 21.7. The first-order valence-electron chi connectivity index (χ1n) is 12.5. The van der Waals surface area contributed by atoms with Crippen molar-refractivity contribution in [2.75, 3.05) is 19.6 Å². The SMILES string of the molecule is O=C1CCCCCCCN1.O=C1CCCCCCCN1.O=C1CCCCCCCN1.[P]. The third-order valence-electron chi connectivity index (χ3n) is 5.71. The molecule has 0 unspecified atom stereocenters. The van der Waals surface area contributed by atoms with E-state index in [1.54, 1.807) is 0 Å². The molecule has 0 aliphatic carbocycles. The summed E-state index contributed by atoms with van der Waals surface area (Å²) in [5.74, 6) is 0.714. The topological polar surface area (TPSA) is 87.3 Å². The zero-order valence-electron chi connectivity index (χ0n) is 19.5. The molecule has 3 aliphatic heterocycles. The summed E-state index contributed by atoms with van der Waals surface area (Å²) >= 11 is 0. The highest BCUT2D eigenvalue weighted by molar-refractivity contribution is 6.92. The van der Waals surface area contributed by atoms with Gasteiger partial charge in [0.25, 0.3) is 0 Å². The lowest BCUT2D eigenvalue weighted by Gasteiger charge is -1.99. The van der Waals surface area contributed by atoms with Crippen LogP contribution in [0.1, 0.15) is 116 Å². The number of hydrogen-bond acceptors (Lipinski definition) is 3. The van der Waals surface area contributed by atoms with Crippen molar-refractivity contribution < 1.29 is 14.4 Å². The minimum atomic E-state index is 0. The van der Waals surface area contributed by atoms with Crippen LogP contribution in [0.4, 0.5) is 0 Å². The predicted octanol–water partition coefficient (Wildman–Crippen LogP) is 5.23. The van der Waals surface area contributed by atoms with E-state index in [-0.39, 0.29) is 27.6 Å². The average molecular weight is 455 g/mol. The van der Waals surface area contributed by atoms with Gasteiger partial charge in [-0.1, -0.05) is 57.8 Å². The molecule has 3 fully saturated rings. The van der Waals surface area contributed by atoms with Crippen LogP contribution in [0, 0.1) is 0 Å². The van der Waals surface area contributed by atoms with Gasteiger partial charge < -0.3 is 16.0 Å². The van der Waals surface area contributed by atoms with Gasteiger partial charge in [0, 0.05) is 48.8 Å². The van der Waals surface area contributed by atoms with Crippen LogP contribution >= 0.6 is 9.90 Å². The highest BCUT2D eigenvalue weighted by Gasteiger charge is 2.04. The maximum absolute atomic E-state index is 10.9. The Hall–Kier alpha value is -1.16. The van der Waals surface area contributed by atoms with Gasteiger partial charge in [-0.3, -0.25) is 14.4 Å². The Labute approximate surface area is 193 Å². The van der Waals surface area contributed by atoms with Crippen molar-refractivity contribution in [1.82, 2.24) is 16.0 Å². The first-order valence-corrected chi connectivity index (χ1v) is 12.5. The quantitative estimate of drug-likeness (QED) is 0.438. The van der Waals surface area contributed by atoms with Gasteiger partial charge >= 0.3 is 0 Å². The molecule has 3 N–H and O–H groups in total. The van der Waals surface area contributed by atoms with Gasteiger partial charge in [-0.15, -0.1) is 0 Å². The van der Waals surface area contributed by atoms with E-state index in [0.717, 1.165) is 77.4 Å². The second-order valence-electron chi connectivity index (χ2n) is 8.60. The molecule has 3 aliphatic rings. The third kappa shape index (κ3) is 20.5. The molecule has 6 nitrogen and oxygen atoms in total. The normalized spacial score (nSPS) is 21.5. The summed E-state index contributed by atoms with van der Waals surface area (Å²) < 4.78 is 0. The van der Waals surface area contributed by atoms with E-state index in [2.05, 4.69) is 16.0 Å². The fourth-order valence-corrected chi connectivity index (χ4v) is 3.77. The van der Waals surface area contributed by atoms with Crippen molar-refractivity contribution in [3.05, 3.63) is 0 Å². The summed E-state index contributed by atoms with van der Waals surface area (Å²) in [4.78, 5) is 32.6. The molecule has 0 aromatic heterocycles. The largest absolute Gasteiger partial charge is 0.356 e. The fraction of sp³-hybridized carbons (Fsp3) is 0.875. The van der Waals surface area contributed by atoms with Gasteiger partial charge in [-0.2, -0.15) is 0 Å². The van der Waals surface area contributed by atoms with E-state index in [9.17, 15) is 14.4 Å². The summed E-state index contributed by atoms with van der Waals surface area (Å²) in [5.41, 5.74) is 0. The molecule has 31 heavy (non-hydrogen) atoms.